The Bertz CT molecular complexity index is 920. The lowest BCUT2D eigenvalue weighted by molar-refractivity contribution is -0.118. The number of likely N-dealkylation sites (tertiary alicyclic amines) is 1. The van der Waals surface area contributed by atoms with E-state index in [9.17, 15) is 13.2 Å². The van der Waals surface area contributed by atoms with Crippen LogP contribution in [-0.2, 0) is 21.2 Å². The zero-order valence-corrected chi connectivity index (χ0v) is 18.2. The molecule has 0 bridgehead atoms. The van der Waals surface area contributed by atoms with E-state index in [-0.39, 0.29) is 4.90 Å². The molecule has 1 saturated heterocycles. The van der Waals surface area contributed by atoms with Crippen LogP contribution in [-0.4, -0.2) is 44.6 Å². The van der Waals surface area contributed by atoms with Gasteiger partial charge in [0.05, 0.1) is 4.90 Å². The molecule has 156 valence electrons. The highest BCUT2D eigenvalue weighted by atomic mass is 35.5. The van der Waals surface area contributed by atoms with Crippen molar-refractivity contribution < 1.29 is 13.2 Å². The van der Waals surface area contributed by atoms with Crippen molar-refractivity contribution in [3.05, 3.63) is 64.7 Å². The monoisotopic (exact) mass is 434 g/mol. The summed E-state index contributed by atoms with van der Waals surface area (Å²) in [5.74, 6) is -0.567. The van der Waals surface area contributed by atoms with E-state index in [0.29, 0.717) is 12.5 Å². The third-order valence-electron chi connectivity index (χ3n) is 5.32. The largest absolute Gasteiger partial charge is 0.355 e. The second-order valence-corrected chi connectivity index (χ2v) is 10.1. The van der Waals surface area contributed by atoms with Gasteiger partial charge in [-0.3, -0.25) is 9.69 Å². The number of benzene rings is 2. The molecule has 7 heteroatoms. The molecule has 1 aliphatic heterocycles. The molecule has 0 aliphatic carbocycles. The molecule has 5 nitrogen and oxygen atoms in total. The van der Waals surface area contributed by atoms with E-state index in [4.69, 9.17) is 11.6 Å². The molecule has 0 unspecified atom stereocenters. The number of carbonyl (C=O) groups excluding carboxylic acids is 1. The van der Waals surface area contributed by atoms with Crippen LogP contribution in [0.25, 0.3) is 0 Å². The fourth-order valence-electron chi connectivity index (χ4n) is 3.51. The van der Waals surface area contributed by atoms with Gasteiger partial charge in [0, 0.05) is 18.1 Å². The average molecular weight is 435 g/mol. The number of halogens is 1. The lowest BCUT2D eigenvalue weighted by Gasteiger charge is -2.32. The molecule has 0 atom stereocenters. The fourth-order valence-corrected chi connectivity index (χ4v) is 4.80. The first-order chi connectivity index (χ1) is 13.8. The summed E-state index contributed by atoms with van der Waals surface area (Å²) in [5.41, 5.74) is 2.22. The van der Waals surface area contributed by atoms with Crippen LogP contribution in [0.5, 0.6) is 0 Å². The number of rotatable bonds is 7. The molecule has 1 heterocycles. The molecule has 1 fully saturated rings. The quantitative estimate of drug-likeness (QED) is 0.724. The minimum absolute atomic E-state index is 0.189. The summed E-state index contributed by atoms with van der Waals surface area (Å²) < 4.78 is 24.7. The van der Waals surface area contributed by atoms with Crippen molar-refractivity contribution >= 4 is 27.3 Å². The maximum atomic E-state index is 12.4. The highest BCUT2D eigenvalue weighted by Gasteiger charge is 2.22. The number of hydrogen-bond acceptors (Lipinski definition) is 4. The van der Waals surface area contributed by atoms with Gasteiger partial charge in [-0.15, -0.1) is 0 Å². The van der Waals surface area contributed by atoms with Crippen LogP contribution in [0.2, 0.25) is 5.02 Å². The average Bonchev–Trinajstić information content (AvgIpc) is 2.69. The zero-order chi connectivity index (χ0) is 20.9. The van der Waals surface area contributed by atoms with Crippen LogP contribution in [0.3, 0.4) is 0 Å². The predicted molar refractivity (Wildman–Crippen MR) is 116 cm³/mol. The van der Waals surface area contributed by atoms with E-state index in [1.54, 1.807) is 24.3 Å². The molecule has 29 heavy (non-hydrogen) atoms. The first-order valence-electron chi connectivity index (χ1n) is 9.85. The van der Waals surface area contributed by atoms with Gasteiger partial charge in [-0.1, -0.05) is 41.4 Å². The van der Waals surface area contributed by atoms with Gasteiger partial charge < -0.3 is 5.32 Å². The number of amides is 1. The van der Waals surface area contributed by atoms with Crippen molar-refractivity contribution in [2.45, 2.75) is 31.2 Å². The van der Waals surface area contributed by atoms with Crippen molar-refractivity contribution in [3.63, 3.8) is 0 Å². The molecule has 0 radical (unpaired) electrons. The number of piperidine rings is 1. The van der Waals surface area contributed by atoms with Crippen molar-refractivity contribution in [2.75, 3.05) is 25.4 Å². The smallest absolute Gasteiger partial charge is 0.235 e. The van der Waals surface area contributed by atoms with Crippen LogP contribution in [0.4, 0.5) is 0 Å². The molecular weight excluding hydrogens is 408 g/mol. The van der Waals surface area contributed by atoms with Crippen molar-refractivity contribution in [1.29, 1.82) is 0 Å². The normalized spacial score (nSPS) is 15.9. The standard InChI is InChI=1S/C22H27ClN2O3S/c1-17-2-8-21(9-3-17)29(27,28)16-22(26)24-14-18-10-12-25(13-11-18)15-19-4-6-20(23)7-5-19/h2-9,18H,10-16H2,1H3,(H,24,26). The lowest BCUT2D eigenvalue weighted by Crippen LogP contribution is -2.39. The number of nitrogens with zero attached hydrogens (tertiary/aromatic N) is 1. The number of carbonyl (C=O) groups is 1. The molecule has 1 amide bonds. The summed E-state index contributed by atoms with van der Waals surface area (Å²) in [6.07, 6.45) is 1.97. The van der Waals surface area contributed by atoms with Gasteiger partial charge in [0.15, 0.2) is 9.84 Å². The van der Waals surface area contributed by atoms with E-state index < -0.39 is 21.5 Å². The molecule has 0 spiro atoms. The Kier molecular flexibility index (Phi) is 7.33. The highest BCUT2D eigenvalue weighted by molar-refractivity contribution is 7.92. The van der Waals surface area contributed by atoms with Gasteiger partial charge in [-0.05, 0) is 68.6 Å². The summed E-state index contributed by atoms with van der Waals surface area (Å²) in [4.78, 5) is 14.7. The van der Waals surface area contributed by atoms with Crippen LogP contribution in [0.15, 0.2) is 53.4 Å². The third-order valence-corrected chi connectivity index (χ3v) is 7.20. The second-order valence-electron chi connectivity index (χ2n) is 7.72. The van der Waals surface area contributed by atoms with E-state index in [2.05, 4.69) is 10.2 Å². The SMILES string of the molecule is Cc1ccc(S(=O)(=O)CC(=O)NCC2CCN(Cc3ccc(Cl)cc3)CC2)cc1. The Morgan fingerprint density at radius 3 is 2.31 bits per heavy atom. The highest BCUT2D eigenvalue weighted by Crippen LogP contribution is 2.19. The minimum atomic E-state index is -3.61. The summed E-state index contributed by atoms with van der Waals surface area (Å²) in [7, 11) is -3.61. The van der Waals surface area contributed by atoms with Crippen LogP contribution in [0.1, 0.15) is 24.0 Å². The number of nitrogens with one attached hydrogen (secondary N) is 1. The van der Waals surface area contributed by atoms with Gasteiger partial charge in [0.25, 0.3) is 0 Å². The summed E-state index contributed by atoms with van der Waals surface area (Å²) >= 11 is 5.93. The van der Waals surface area contributed by atoms with Gasteiger partial charge in [0.1, 0.15) is 5.75 Å². The molecule has 2 aromatic carbocycles. The topological polar surface area (TPSA) is 66.5 Å². The molecule has 0 aromatic heterocycles. The minimum Gasteiger partial charge on any atom is -0.355 e. The van der Waals surface area contributed by atoms with Crippen LogP contribution in [0, 0.1) is 12.8 Å². The third kappa shape index (κ3) is 6.56. The Morgan fingerprint density at radius 1 is 1.07 bits per heavy atom. The van der Waals surface area contributed by atoms with Crippen molar-refractivity contribution in [2.24, 2.45) is 5.92 Å². The first kappa shape index (κ1) is 21.8. The Morgan fingerprint density at radius 2 is 1.69 bits per heavy atom. The molecular formula is C22H27ClN2O3S. The maximum Gasteiger partial charge on any atom is 0.235 e. The zero-order valence-electron chi connectivity index (χ0n) is 16.6. The number of hydrogen-bond donors (Lipinski definition) is 1. The summed E-state index contributed by atoms with van der Waals surface area (Å²) in [6.45, 7) is 5.24. The molecule has 0 saturated carbocycles. The van der Waals surface area contributed by atoms with Gasteiger partial charge >= 0.3 is 0 Å². The van der Waals surface area contributed by atoms with Crippen molar-refractivity contribution in [3.8, 4) is 0 Å². The Labute approximate surface area is 178 Å². The maximum absolute atomic E-state index is 12.4. The molecule has 2 aromatic rings. The van der Waals surface area contributed by atoms with E-state index in [1.165, 1.54) is 5.56 Å². The second kappa shape index (κ2) is 9.74. The molecule has 1 N–H and O–H groups in total. The Balaban J connectivity index is 1.41. The van der Waals surface area contributed by atoms with Gasteiger partial charge in [-0.25, -0.2) is 8.42 Å². The fraction of sp³-hybridized carbons (Fsp3) is 0.409. The van der Waals surface area contributed by atoms with Crippen LogP contribution < -0.4 is 5.32 Å². The molecule has 1 aliphatic rings. The van der Waals surface area contributed by atoms with Gasteiger partial charge in [0.2, 0.25) is 5.91 Å². The van der Waals surface area contributed by atoms with E-state index in [1.807, 2.05) is 31.2 Å². The summed E-state index contributed by atoms with van der Waals surface area (Å²) in [5, 5.41) is 3.55. The Hall–Kier alpha value is -1.89. The first-order valence-corrected chi connectivity index (χ1v) is 11.9. The number of aryl methyl sites for hydroxylation is 1. The lowest BCUT2D eigenvalue weighted by atomic mass is 9.96. The number of sulfone groups is 1. The van der Waals surface area contributed by atoms with Crippen molar-refractivity contribution in [1.82, 2.24) is 10.2 Å². The van der Waals surface area contributed by atoms with E-state index >= 15 is 0 Å². The van der Waals surface area contributed by atoms with E-state index in [0.717, 1.165) is 43.1 Å². The summed E-state index contributed by atoms with van der Waals surface area (Å²) in [6, 6.07) is 14.5. The van der Waals surface area contributed by atoms with Gasteiger partial charge in [-0.2, -0.15) is 0 Å². The van der Waals surface area contributed by atoms with Crippen LogP contribution >= 0.6 is 11.6 Å². The molecule has 3 rings (SSSR count). The predicted octanol–water partition coefficient (Wildman–Crippen LogP) is 3.45.